The maximum atomic E-state index is 12.4. The van der Waals surface area contributed by atoms with Crippen LogP contribution in [0.3, 0.4) is 0 Å². The minimum absolute atomic E-state index is 0.0974. The number of aromatic nitrogens is 7. The van der Waals surface area contributed by atoms with Gasteiger partial charge in [0.15, 0.2) is 5.82 Å². The summed E-state index contributed by atoms with van der Waals surface area (Å²) in [6, 6.07) is 13.7. The minimum Gasteiger partial charge on any atom is -0.266 e. The number of tetrazole rings is 1. The van der Waals surface area contributed by atoms with Gasteiger partial charge in [-0.3, -0.25) is 4.79 Å². The number of benzene rings is 1. The van der Waals surface area contributed by atoms with Crippen LogP contribution < -0.4 is 5.56 Å². The molecule has 2 aliphatic rings. The highest BCUT2D eigenvalue weighted by atomic mass is 16.1. The van der Waals surface area contributed by atoms with Crippen LogP contribution in [0.15, 0.2) is 53.5 Å². The predicted molar refractivity (Wildman–Crippen MR) is 81.2 cm³/mol. The number of rotatable bonds is 3. The fraction of sp³-hybridized carbons (Fsp3) is 0.0667. The molecule has 0 bridgehead atoms. The number of nitrogens with zero attached hydrogens (tertiary/aromatic N) is 6. The lowest BCUT2D eigenvalue weighted by Crippen LogP contribution is -2.15. The van der Waals surface area contributed by atoms with Gasteiger partial charge in [0, 0.05) is 6.20 Å². The van der Waals surface area contributed by atoms with E-state index < -0.39 is 0 Å². The van der Waals surface area contributed by atoms with Gasteiger partial charge in [-0.25, -0.2) is 4.98 Å². The smallest absolute Gasteiger partial charge is 0.266 e. The third-order valence-electron chi connectivity index (χ3n) is 3.45. The van der Waals surface area contributed by atoms with Crippen LogP contribution in [0.2, 0.25) is 0 Å². The Balaban J connectivity index is 1.75. The Labute approximate surface area is 130 Å². The first-order valence-corrected chi connectivity index (χ1v) is 6.97. The Bertz CT molecular complexity index is 963. The summed E-state index contributed by atoms with van der Waals surface area (Å²) in [5, 5.41) is 17.4. The Hall–Kier alpha value is -3.42. The van der Waals surface area contributed by atoms with E-state index in [4.69, 9.17) is 0 Å². The molecule has 1 N–H and O–H groups in total. The summed E-state index contributed by atoms with van der Waals surface area (Å²) < 4.78 is 1.08. The number of nitrogens with one attached hydrogen (secondary N) is 1. The molecule has 4 rings (SSSR count). The summed E-state index contributed by atoms with van der Waals surface area (Å²) in [4.78, 5) is 16.7. The zero-order valence-electron chi connectivity index (χ0n) is 11.9. The molecule has 1 aromatic heterocycles. The second-order valence-corrected chi connectivity index (χ2v) is 4.99. The lowest BCUT2D eigenvalue weighted by atomic mass is 10.1. The molecule has 2 aromatic rings. The maximum Gasteiger partial charge on any atom is 0.293 e. The Morgan fingerprint density at radius 1 is 1.04 bits per heavy atom. The molecule has 0 saturated carbocycles. The monoisotopic (exact) mass is 305 g/mol. The number of hydrogen-bond donors (Lipinski definition) is 1. The molecule has 112 valence electrons. The van der Waals surface area contributed by atoms with Gasteiger partial charge in [-0.15, -0.1) is 10.2 Å². The highest BCUT2D eigenvalue weighted by Gasteiger charge is 2.18. The Morgan fingerprint density at radius 3 is 2.70 bits per heavy atom. The molecule has 8 heteroatoms. The van der Waals surface area contributed by atoms with Gasteiger partial charge in [0.1, 0.15) is 0 Å². The summed E-state index contributed by atoms with van der Waals surface area (Å²) in [6.07, 6.45) is 2.46. The second kappa shape index (κ2) is 5.41. The van der Waals surface area contributed by atoms with Crippen molar-refractivity contribution in [1.29, 1.82) is 0 Å². The zero-order valence-corrected chi connectivity index (χ0v) is 11.9. The van der Waals surface area contributed by atoms with Crippen LogP contribution in [0.5, 0.6) is 0 Å². The van der Waals surface area contributed by atoms with Crippen molar-refractivity contribution in [2.45, 2.75) is 6.42 Å². The number of aromatic amines is 1. The number of H-pyrrole nitrogens is 1. The first-order valence-electron chi connectivity index (χ1n) is 6.97. The number of hydrogen-bond acceptors (Lipinski definition) is 6. The van der Waals surface area contributed by atoms with Crippen molar-refractivity contribution in [1.82, 2.24) is 35.4 Å². The van der Waals surface area contributed by atoms with Crippen molar-refractivity contribution in [3.05, 3.63) is 70.1 Å². The summed E-state index contributed by atoms with van der Waals surface area (Å²) in [7, 11) is 0. The lowest BCUT2D eigenvalue weighted by molar-refractivity contribution is 0.788. The van der Waals surface area contributed by atoms with Crippen LogP contribution in [0.1, 0.15) is 11.1 Å². The van der Waals surface area contributed by atoms with Crippen LogP contribution >= 0.6 is 0 Å². The van der Waals surface area contributed by atoms with Crippen molar-refractivity contribution in [2.75, 3.05) is 0 Å². The average molecular weight is 305 g/mol. The van der Waals surface area contributed by atoms with E-state index in [9.17, 15) is 4.79 Å². The third-order valence-corrected chi connectivity index (χ3v) is 3.45. The maximum absolute atomic E-state index is 12.4. The molecule has 0 radical (unpaired) electrons. The molecule has 0 fully saturated rings. The largest absolute Gasteiger partial charge is 0.293 e. The molecule has 0 spiro atoms. The third kappa shape index (κ3) is 2.46. The summed E-state index contributed by atoms with van der Waals surface area (Å²) >= 11 is 0. The summed E-state index contributed by atoms with van der Waals surface area (Å²) in [5.74, 6) is 0.444. The van der Waals surface area contributed by atoms with Gasteiger partial charge in [0.25, 0.3) is 11.5 Å². The van der Waals surface area contributed by atoms with Gasteiger partial charge in [-0.2, -0.15) is 9.90 Å². The van der Waals surface area contributed by atoms with E-state index >= 15 is 0 Å². The zero-order chi connectivity index (χ0) is 15.6. The second-order valence-electron chi connectivity index (χ2n) is 4.99. The minimum atomic E-state index is -0.323. The van der Waals surface area contributed by atoms with E-state index in [2.05, 4.69) is 30.7 Å². The molecule has 0 saturated heterocycles. The Kier molecular flexibility index (Phi) is 3.12. The molecule has 0 aliphatic carbocycles. The van der Waals surface area contributed by atoms with Crippen LogP contribution in [0, 0.1) is 0 Å². The van der Waals surface area contributed by atoms with Gasteiger partial charge in [-0.05, 0) is 28.8 Å². The van der Waals surface area contributed by atoms with Crippen molar-refractivity contribution in [3.8, 4) is 17.3 Å². The SMILES string of the molecule is O=c1c2ccc(Cc3ccccc3)cnc-2nn1-c1nn[nH]n1. The molecular formula is C15H11N7O. The molecule has 23 heavy (non-hydrogen) atoms. The quantitative estimate of drug-likeness (QED) is 0.601. The highest BCUT2D eigenvalue weighted by molar-refractivity contribution is 5.55. The van der Waals surface area contributed by atoms with E-state index in [1.807, 2.05) is 36.4 Å². The van der Waals surface area contributed by atoms with Crippen LogP contribution in [0.25, 0.3) is 17.3 Å². The first kappa shape index (κ1) is 13.3. The molecule has 3 heterocycles. The van der Waals surface area contributed by atoms with E-state index in [0.717, 1.165) is 16.7 Å². The fourth-order valence-corrected chi connectivity index (χ4v) is 2.34. The fourth-order valence-electron chi connectivity index (χ4n) is 2.34. The molecular weight excluding hydrogens is 294 g/mol. The molecule has 8 nitrogen and oxygen atoms in total. The van der Waals surface area contributed by atoms with Gasteiger partial charge in [0.2, 0.25) is 0 Å². The van der Waals surface area contributed by atoms with Crippen molar-refractivity contribution in [3.63, 3.8) is 0 Å². The Morgan fingerprint density at radius 2 is 1.91 bits per heavy atom. The van der Waals surface area contributed by atoms with Crippen molar-refractivity contribution < 1.29 is 0 Å². The molecule has 2 aliphatic heterocycles. The standard InChI is InChI=1S/C15H11N7O/c23-14-12-7-6-11(8-10-4-2-1-3-5-10)9-16-13(12)19-22(14)15-17-20-21-18-15/h1-7,9H,8H2,(H,17,18,20,21). The summed E-state index contributed by atoms with van der Waals surface area (Å²) in [5.41, 5.74) is 2.27. The van der Waals surface area contributed by atoms with E-state index in [1.165, 1.54) is 5.56 Å². The van der Waals surface area contributed by atoms with Crippen molar-refractivity contribution in [2.24, 2.45) is 0 Å². The van der Waals surface area contributed by atoms with Gasteiger partial charge < -0.3 is 0 Å². The highest BCUT2D eigenvalue weighted by Crippen LogP contribution is 2.14. The van der Waals surface area contributed by atoms with Crippen LogP contribution in [-0.2, 0) is 6.42 Å². The first-order chi connectivity index (χ1) is 11.3. The van der Waals surface area contributed by atoms with Crippen LogP contribution in [0.4, 0.5) is 0 Å². The molecule has 1 aromatic carbocycles. The van der Waals surface area contributed by atoms with Gasteiger partial charge >= 0.3 is 0 Å². The summed E-state index contributed by atoms with van der Waals surface area (Å²) in [6.45, 7) is 0. The van der Waals surface area contributed by atoms with Crippen LogP contribution in [-0.4, -0.2) is 35.4 Å². The van der Waals surface area contributed by atoms with E-state index in [1.54, 1.807) is 12.3 Å². The van der Waals surface area contributed by atoms with Gasteiger partial charge in [0.05, 0.1) is 5.56 Å². The molecule has 0 amide bonds. The number of fused-ring (bicyclic) bond motifs is 1. The van der Waals surface area contributed by atoms with Gasteiger partial charge in [-0.1, -0.05) is 41.5 Å². The topological polar surface area (TPSA) is 102 Å². The predicted octanol–water partition coefficient (Wildman–Crippen LogP) is 0.836. The van der Waals surface area contributed by atoms with E-state index in [-0.39, 0.29) is 11.5 Å². The lowest BCUT2D eigenvalue weighted by Gasteiger charge is -1.97. The average Bonchev–Trinajstić information content (AvgIpc) is 3.15. The molecule has 0 unspecified atom stereocenters. The normalized spacial score (nSPS) is 11.0. The van der Waals surface area contributed by atoms with E-state index in [0.29, 0.717) is 11.4 Å². The molecule has 0 atom stereocenters. The van der Waals surface area contributed by atoms with Crippen molar-refractivity contribution >= 4 is 0 Å².